The monoisotopic (exact) mass is 495 g/mol. The molecule has 1 aliphatic heterocycles. The lowest BCUT2D eigenvalue weighted by Gasteiger charge is -2.34. The Morgan fingerprint density at radius 2 is 1.85 bits per heavy atom. The second-order valence-corrected chi connectivity index (χ2v) is 9.77. The van der Waals surface area contributed by atoms with E-state index in [1.807, 2.05) is 0 Å². The first-order valence-electron chi connectivity index (χ1n) is 10.3. The van der Waals surface area contributed by atoms with Crippen molar-refractivity contribution >= 4 is 33.4 Å². The van der Waals surface area contributed by atoms with Crippen LogP contribution in [0.25, 0.3) is 0 Å². The van der Waals surface area contributed by atoms with Gasteiger partial charge in [0.05, 0.1) is 25.2 Å². The quantitative estimate of drug-likeness (QED) is 0.566. The highest BCUT2D eigenvalue weighted by Crippen LogP contribution is 2.26. The number of halogens is 1. The van der Waals surface area contributed by atoms with E-state index in [4.69, 9.17) is 21.1 Å². The van der Waals surface area contributed by atoms with E-state index < -0.39 is 28.1 Å². The first kappa shape index (κ1) is 25.0. The molecule has 2 N–H and O–H groups in total. The first-order chi connectivity index (χ1) is 15.7. The number of ether oxygens (including phenoxy) is 2. The standard InChI is InChI=1S/C22H26ClN3O6S/c1-15-12-18(8-9-19(15)31-2)33(29,30)26-10-3-11-32-20(26)14-25-22(28)21(27)24-13-16-4-6-17(23)7-5-16/h4-9,12,20H,3,10-11,13-14H2,1-2H3,(H,24,27)(H,25,28). The maximum Gasteiger partial charge on any atom is 0.309 e. The summed E-state index contributed by atoms with van der Waals surface area (Å²) in [4.78, 5) is 24.4. The van der Waals surface area contributed by atoms with Gasteiger partial charge < -0.3 is 20.1 Å². The van der Waals surface area contributed by atoms with Gasteiger partial charge in [0.2, 0.25) is 10.0 Å². The summed E-state index contributed by atoms with van der Waals surface area (Å²) in [6, 6.07) is 11.4. The Kier molecular flexibility index (Phi) is 8.30. The van der Waals surface area contributed by atoms with E-state index in [9.17, 15) is 18.0 Å². The summed E-state index contributed by atoms with van der Waals surface area (Å²) in [5.41, 5.74) is 1.46. The molecule has 0 aliphatic carbocycles. The Balaban J connectivity index is 1.61. The fourth-order valence-electron chi connectivity index (χ4n) is 3.37. The van der Waals surface area contributed by atoms with E-state index in [1.165, 1.54) is 23.5 Å². The van der Waals surface area contributed by atoms with Crippen molar-refractivity contribution < 1.29 is 27.5 Å². The van der Waals surface area contributed by atoms with Gasteiger partial charge in [-0.3, -0.25) is 9.59 Å². The summed E-state index contributed by atoms with van der Waals surface area (Å²) in [6.07, 6.45) is -0.417. The smallest absolute Gasteiger partial charge is 0.309 e. The number of nitrogens with zero attached hydrogens (tertiary/aromatic N) is 1. The average Bonchev–Trinajstić information content (AvgIpc) is 2.82. The Bertz CT molecular complexity index is 1110. The number of rotatable bonds is 7. The van der Waals surface area contributed by atoms with Crippen molar-refractivity contribution in [1.82, 2.24) is 14.9 Å². The zero-order chi connectivity index (χ0) is 24.0. The van der Waals surface area contributed by atoms with Crippen molar-refractivity contribution in [2.75, 3.05) is 26.8 Å². The maximum absolute atomic E-state index is 13.2. The number of hydrogen-bond acceptors (Lipinski definition) is 6. The number of amides is 2. The summed E-state index contributed by atoms with van der Waals surface area (Å²) in [7, 11) is -2.37. The van der Waals surface area contributed by atoms with E-state index in [0.717, 1.165) is 5.56 Å². The molecular formula is C22H26ClN3O6S. The molecule has 1 fully saturated rings. The Hall–Kier alpha value is -2.66. The number of nitrogens with one attached hydrogen (secondary N) is 2. The number of hydrogen-bond donors (Lipinski definition) is 2. The van der Waals surface area contributed by atoms with Gasteiger partial charge in [-0.05, 0) is 54.8 Å². The van der Waals surface area contributed by atoms with E-state index in [-0.39, 0.29) is 24.5 Å². The molecule has 3 rings (SSSR count). The number of benzene rings is 2. The molecular weight excluding hydrogens is 470 g/mol. The molecule has 11 heteroatoms. The van der Waals surface area contributed by atoms with Crippen molar-refractivity contribution in [2.45, 2.75) is 31.0 Å². The van der Waals surface area contributed by atoms with Crippen LogP contribution in [0.2, 0.25) is 5.02 Å². The second kappa shape index (κ2) is 11.0. The SMILES string of the molecule is COc1ccc(S(=O)(=O)N2CCCOC2CNC(=O)C(=O)NCc2ccc(Cl)cc2)cc1C. The van der Waals surface area contributed by atoms with Crippen molar-refractivity contribution in [1.29, 1.82) is 0 Å². The Morgan fingerprint density at radius 1 is 1.15 bits per heavy atom. The van der Waals surface area contributed by atoms with Crippen LogP contribution in [-0.2, 0) is 30.9 Å². The summed E-state index contributed by atoms with van der Waals surface area (Å²) >= 11 is 5.83. The molecule has 2 amide bonds. The topological polar surface area (TPSA) is 114 Å². The van der Waals surface area contributed by atoms with E-state index in [1.54, 1.807) is 37.3 Å². The minimum atomic E-state index is -3.89. The van der Waals surface area contributed by atoms with E-state index in [2.05, 4.69) is 10.6 Å². The number of carbonyl (C=O) groups excluding carboxylic acids is 2. The predicted molar refractivity (Wildman–Crippen MR) is 122 cm³/mol. The molecule has 9 nitrogen and oxygen atoms in total. The zero-order valence-electron chi connectivity index (χ0n) is 18.3. The highest BCUT2D eigenvalue weighted by molar-refractivity contribution is 7.89. The van der Waals surface area contributed by atoms with Gasteiger partial charge in [0.25, 0.3) is 0 Å². The summed E-state index contributed by atoms with van der Waals surface area (Å²) in [5.74, 6) is -1.13. The van der Waals surface area contributed by atoms with Gasteiger partial charge in [0.1, 0.15) is 12.0 Å². The lowest BCUT2D eigenvalue weighted by atomic mass is 10.2. The van der Waals surface area contributed by atoms with E-state index >= 15 is 0 Å². The molecule has 33 heavy (non-hydrogen) atoms. The van der Waals surface area contributed by atoms with Gasteiger partial charge in [0, 0.05) is 18.1 Å². The molecule has 1 unspecified atom stereocenters. The highest BCUT2D eigenvalue weighted by atomic mass is 35.5. The third-order valence-electron chi connectivity index (χ3n) is 5.14. The van der Waals surface area contributed by atoms with Crippen LogP contribution in [0, 0.1) is 6.92 Å². The van der Waals surface area contributed by atoms with Crippen molar-refractivity contribution in [3.8, 4) is 5.75 Å². The first-order valence-corrected chi connectivity index (χ1v) is 12.1. The predicted octanol–water partition coefficient (Wildman–Crippen LogP) is 1.83. The molecule has 0 saturated carbocycles. The molecule has 2 aromatic rings. The number of sulfonamides is 1. The molecule has 2 aromatic carbocycles. The maximum atomic E-state index is 13.2. The summed E-state index contributed by atoms with van der Waals surface area (Å²) in [5, 5.41) is 5.54. The van der Waals surface area contributed by atoms with Gasteiger partial charge in [-0.25, -0.2) is 8.42 Å². The molecule has 1 atom stereocenters. The third kappa shape index (κ3) is 6.23. The van der Waals surface area contributed by atoms with Gasteiger partial charge in [-0.2, -0.15) is 4.31 Å². The number of aryl methyl sites for hydroxylation is 1. The minimum absolute atomic E-state index is 0.100. The Morgan fingerprint density at radius 3 is 2.52 bits per heavy atom. The van der Waals surface area contributed by atoms with Crippen LogP contribution in [0.15, 0.2) is 47.4 Å². The van der Waals surface area contributed by atoms with Gasteiger partial charge in [0.15, 0.2) is 0 Å². The fraction of sp³-hybridized carbons (Fsp3) is 0.364. The molecule has 1 heterocycles. The van der Waals surface area contributed by atoms with Crippen molar-refractivity contribution in [3.63, 3.8) is 0 Å². The largest absolute Gasteiger partial charge is 0.496 e. The molecule has 178 valence electrons. The zero-order valence-corrected chi connectivity index (χ0v) is 19.9. The normalized spacial score (nSPS) is 16.8. The Labute approximate surface area is 198 Å². The van der Waals surface area contributed by atoms with E-state index in [0.29, 0.717) is 29.4 Å². The van der Waals surface area contributed by atoms with Gasteiger partial charge >= 0.3 is 11.8 Å². The number of carbonyl (C=O) groups is 2. The van der Waals surface area contributed by atoms with Crippen LogP contribution < -0.4 is 15.4 Å². The van der Waals surface area contributed by atoms with Crippen molar-refractivity contribution in [2.24, 2.45) is 0 Å². The average molecular weight is 496 g/mol. The van der Waals surface area contributed by atoms with Crippen LogP contribution in [0.3, 0.4) is 0 Å². The molecule has 0 radical (unpaired) electrons. The third-order valence-corrected chi connectivity index (χ3v) is 7.27. The van der Waals surface area contributed by atoms with Crippen LogP contribution >= 0.6 is 11.6 Å². The lowest BCUT2D eigenvalue weighted by Crippen LogP contribution is -2.53. The fourth-order valence-corrected chi connectivity index (χ4v) is 5.15. The summed E-state index contributed by atoms with van der Waals surface area (Å²) < 4.78 is 38.4. The second-order valence-electron chi connectivity index (χ2n) is 7.45. The molecule has 0 spiro atoms. The van der Waals surface area contributed by atoms with Crippen LogP contribution in [0.1, 0.15) is 17.5 Å². The molecule has 1 saturated heterocycles. The summed E-state index contributed by atoms with van der Waals surface area (Å²) in [6.45, 7) is 2.32. The minimum Gasteiger partial charge on any atom is -0.496 e. The molecule has 0 aromatic heterocycles. The molecule has 0 bridgehead atoms. The van der Waals surface area contributed by atoms with Crippen LogP contribution in [0.5, 0.6) is 5.75 Å². The van der Waals surface area contributed by atoms with Crippen molar-refractivity contribution in [3.05, 3.63) is 58.6 Å². The molecule has 1 aliphatic rings. The lowest BCUT2D eigenvalue weighted by molar-refractivity contribution is -0.140. The highest BCUT2D eigenvalue weighted by Gasteiger charge is 2.35. The van der Waals surface area contributed by atoms with Gasteiger partial charge in [-0.1, -0.05) is 23.7 Å². The number of methoxy groups -OCH3 is 1. The van der Waals surface area contributed by atoms with Gasteiger partial charge in [-0.15, -0.1) is 0 Å². The van der Waals surface area contributed by atoms with Crippen LogP contribution in [0.4, 0.5) is 0 Å². The van der Waals surface area contributed by atoms with Crippen LogP contribution in [-0.4, -0.2) is 57.6 Å².